The van der Waals surface area contributed by atoms with Crippen LogP contribution < -0.4 is 5.73 Å². The number of ether oxygens (including phenoxy) is 2. The maximum absolute atomic E-state index is 11.4. The van der Waals surface area contributed by atoms with Crippen molar-refractivity contribution in [3.05, 3.63) is 28.8 Å². The second-order valence-electron chi connectivity index (χ2n) is 3.24. The highest BCUT2D eigenvalue weighted by Crippen LogP contribution is 2.20. The minimum Gasteiger partial charge on any atom is -0.465 e. The van der Waals surface area contributed by atoms with Crippen molar-refractivity contribution < 1.29 is 19.1 Å². The Hall–Kier alpha value is -2.04. The summed E-state index contributed by atoms with van der Waals surface area (Å²) in [6.07, 6.45) is 0. The second-order valence-corrected chi connectivity index (χ2v) is 3.24. The highest BCUT2D eigenvalue weighted by atomic mass is 16.5. The number of nitrogens with two attached hydrogens (primary N) is 1. The number of hydrogen-bond donors (Lipinski definition) is 1. The maximum atomic E-state index is 11.4. The predicted octanol–water partition coefficient (Wildman–Crippen LogP) is 1.15. The first-order valence-corrected chi connectivity index (χ1v) is 4.58. The Morgan fingerprint density at radius 2 is 1.69 bits per heavy atom. The molecule has 0 bridgehead atoms. The SMILES string of the molecule is COC(=O)c1cc(C)c(C(=O)OC)c(N)c1. The monoisotopic (exact) mass is 223 g/mol. The van der Waals surface area contributed by atoms with Gasteiger partial charge >= 0.3 is 11.9 Å². The van der Waals surface area contributed by atoms with Crippen LogP contribution in [-0.2, 0) is 9.47 Å². The fourth-order valence-corrected chi connectivity index (χ4v) is 1.43. The fraction of sp³-hybridized carbons (Fsp3) is 0.273. The van der Waals surface area contributed by atoms with Gasteiger partial charge in [-0.1, -0.05) is 0 Å². The lowest BCUT2D eigenvalue weighted by molar-refractivity contribution is 0.0587. The quantitative estimate of drug-likeness (QED) is 0.601. The molecule has 1 rings (SSSR count). The first-order chi connectivity index (χ1) is 7.51. The van der Waals surface area contributed by atoms with E-state index in [4.69, 9.17) is 5.73 Å². The third-order valence-corrected chi connectivity index (χ3v) is 2.18. The lowest BCUT2D eigenvalue weighted by atomic mass is 10.0. The van der Waals surface area contributed by atoms with Crippen molar-refractivity contribution >= 4 is 17.6 Å². The lowest BCUT2D eigenvalue weighted by Gasteiger charge is -2.09. The molecule has 0 atom stereocenters. The molecule has 0 aliphatic carbocycles. The van der Waals surface area contributed by atoms with E-state index in [2.05, 4.69) is 9.47 Å². The zero-order valence-corrected chi connectivity index (χ0v) is 9.37. The highest BCUT2D eigenvalue weighted by molar-refractivity contribution is 5.99. The van der Waals surface area contributed by atoms with Crippen LogP contribution in [0.15, 0.2) is 12.1 Å². The molecule has 2 N–H and O–H groups in total. The molecule has 16 heavy (non-hydrogen) atoms. The zero-order valence-electron chi connectivity index (χ0n) is 9.37. The molecule has 1 aromatic rings. The molecule has 86 valence electrons. The first-order valence-electron chi connectivity index (χ1n) is 4.58. The van der Waals surface area contributed by atoms with E-state index in [9.17, 15) is 9.59 Å². The van der Waals surface area contributed by atoms with Gasteiger partial charge in [-0.3, -0.25) is 0 Å². The molecular weight excluding hydrogens is 210 g/mol. The van der Waals surface area contributed by atoms with E-state index in [0.717, 1.165) is 0 Å². The van der Waals surface area contributed by atoms with Crippen molar-refractivity contribution in [1.82, 2.24) is 0 Å². The minimum absolute atomic E-state index is 0.201. The average Bonchev–Trinajstić information content (AvgIpc) is 2.26. The van der Waals surface area contributed by atoms with E-state index < -0.39 is 11.9 Å². The van der Waals surface area contributed by atoms with Gasteiger partial charge in [0.05, 0.1) is 25.3 Å². The number of aryl methyl sites for hydroxylation is 1. The molecule has 5 heteroatoms. The molecule has 0 amide bonds. The second kappa shape index (κ2) is 4.65. The molecule has 1 aromatic carbocycles. The van der Waals surface area contributed by atoms with Crippen molar-refractivity contribution in [2.24, 2.45) is 0 Å². The summed E-state index contributed by atoms with van der Waals surface area (Å²) >= 11 is 0. The van der Waals surface area contributed by atoms with Crippen molar-refractivity contribution in [3.8, 4) is 0 Å². The summed E-state index contributed by atoms with van der Waals surface area (Å²) in [5.74, 6) is -1.02. The van der Waals surface area contributed by atoms with Gasteiger partial charge in [-0.25, -0.2) is 9.59 Å². The molecule has 0 saturated carbocycles. The molecule has 0 saturated heterocycles. The van der Waals surface area contributed by atoms with Crippen molar-refractivity contribution in [2.45, 2.75) is 6.92 Å². The third kappa shape index (κ3) is 2.13. The topological polar surface area (TPSA) is 78.6 Å². The van der Waals surface area contributed by atoms with E-state index in [1.54, 1.807) is 6.92 Å². The van der Waals surface area contributed by atoms with Crippen LogP contribution in [0.1, 0.15) is 26.3 Å². The summed E-state index contributed by atoms with van der Waals surface area (Å²) in [7, 11) is 2.55. The van der Waals surface area contributed by atoms with E-state index >= 15 is 0 Å². The van der Waals surface area contributed by atoms with E-state index in [1.165, 1.54) is 26.4 Å². The summed E-state index contributed by atoms with van der Waals surface area (Å²) in [6.45, 7) is 1.68. The summed E-state index contributed by atoms with van der Waals surface area (Å²) in [5, 5.41) is 0. The number of methoxy groups -OCH3 is 2. The normalized spacial score (nSPS) is 9.69. The van der Waals surface area contributed by atoms with Gasteiger partial charge in [-0.2, -0.15) is 0 Å². The number of anilines is 1. The Balaban J connectivity index is 3.28. The lowest BCUT2D eigenvalue weighted by Crippen LogP contribution is -2.11. The maximum Gasteiger partial charge on any atom is 0.340 e. The minimum atomic E-state index is -0.522. The van der Waals surface area contributed by atoms with Gasteiger partial charge in [0, 0.05) is 5.69 Å². The van der Waals surface area contributed by atoms with Crippen molar-refractivity contribution in [1.29, 1.82) is 0 Å². The van der Waals surface area contributed by atoms with Crippen molar-refractivity contribution in [2.75, 3.05) is 20.0 Å². The fourth-order valence-electron chi connectivity index (χ4n) is 1.43. The molecule has 0 aromatic heterocycles. The Morgan fingerprint density at radius 1 is 1.12 bits per heavy atom. The van der Waals surface area contributed by atoms with Crippen LogP contribution in [-0.4, -0.2) is 26.2 Å². The molecule has 0 spiro atoms. The smallest absolute Gasteiger partial charge is 0.340 e. The van der Waals surface area contributed by atoms with Crippen LogP contribution in [0.25, 0.3) is 0 Å². The summed E-state index contributed by atoms with van der Waals surface area (Å²) in [4.78, 5) is 22.7. The molecule has 0 radical (unpaired) electrons. The third-order valence-electron chi connectivity index (χ3n) is 2.18. The molecular formula is C11H13NO4. The van der Waals surface area contributed by atoms with Gasteiger partial charge in [-0.05, 0) is 24.6 Å². The van der Waals surface area contributed by atoms with Gasteiger partial charge < -0.3 is 15.2 Å². The molecule has 0 unspecified atom stereocenters. The van der Waals surface area contributed by atoms with Crippen LogP contribution in [0, 0.1) is 6.92 Å². The summed E-state index contributed by atoms with van der Waals surface area (Å²) < 4.78 is 9.15. The van der Waals surface area contributed by atoms with Gasteiger partial charge in [0.25, 0.3) is 0 Å². The predicted molar refractivity (Wildman–Crippen MR) is 58.3 cm³/mol. The van der Waals surface area contributed by atoms with E-state index in [1.807, 2.05) is 0 Å². The zero-order chi connectivity index (χ0) is 12.3. The van der Waals surface area contributed by atoms with Crippen LogP contribution >= 0.6 is 0 Å². The van der Waals surface area contributed by atoms with E-state index in [0.29, 0.717) is 11.1 Å². The Kier molecular flexibility index (Phi) is 3.50. The molecule has 5 nitrogen and oxygen atoms in total. The largest absolute Gasteiger partial charge is 0.465 e. The van der Waals surface area contributed by atoms with Crippen LogP contribution in [0.3, 0.4) is 0 Å². The standard InChI is InChI=1S/C11H13NO4/c1-6-4-7(10(13)15-2)5-8(12)9(6)11(14)16-3/h4-5H,12H2,1-3H3. The van der Waals surface area contributed by atoms with Gasteiger partial charge in [0.2, 0.25) is 0 Å². The van der Waals surface area contributed by atoms with E-state index in [-0.39, 0.29) is 11.3 Å². The van der Waals surface area contributed by atoms with Gasteiger partial charge in [0.1, 0.15) is 0 Å². The summed E-state index contributed by atoms with van der Waals surface area (Å²) in [6, 6.07) is 2.93. The molecule has 0 fully saturated rings. The number of hydrogen-bond acceptors (Lipinski definition) is 5. The van der Waals surface area contributed by atoms with Crippen molar-refractivity contribution in [3.63, 3.8) is 0 Å². The highest BCUT2D eigenvalue weighted by Gasteiger charge is 2.17. The van der Waals surface area contributed by atoms with Crippen LogP contribution in [0.4, 0.5) is 5.69 Å². The molecule has 0 heterocycles. The Bertz CT molecular complexity index is 417. The number of carbonyl (C=O) groups excluding carboxylic acids is 2. The number of carbonyl (C=O) groups is 2. The number of rotatable bonds is 2. The first kappa shape index (κ1) is 12.0. The van der Waals surface area contributed by atoms with Gasteiger partial charge in [-0.15, -0.1) is 0 Å². The average molecular weight is 223 g/mol. The van der Waals surface area contributed by atoms with Gasteiger partial charge in [0.15, 0.2) is 0 Å². The number of esters is 2. The molecule has 0 aliphatic heterocycles. The summed E-state index contributed by atoms with van der Waals surface area (Å²) in [5.41, 5.74) is 7.04. The Labute approximate surface area is 93.1 Å². The van der Waals surface area contributed by atoms with Crippen LogP contribution in [0.2, 0.25) is 0 Å². The number of nitrogen functional groups attached to an aromatic ring is 1. The number of benzene rings is 1. The van der Waals surface area contributed by atoms with Crippen LogP contribution in [0.5, 0.6) is 0 Å². The molecule has 0 aliphatic rings. The Morgan fingerprint density at radius 3 is 2.12 bits per heavy atom.